The van der Waals surface area contributed by atoms with E-state index in [9.17, 15) is 13.2 Å². The van der Waals surface area contributed by atoms with Crippen LogP contribution in [0.2, 0.25) is 0 Å². The van der Waals surface area contributed by atoms with Crippen LogP contribution >= 0.6 is 11.3 Å². The molecule has 3 N–H and O–H groups in total. The van der Waals surface area contributed by atoms with Gasteiger partial charge in [-0.3, -0.25) is 14.9 Å². The van der Waals surface area contributed by atoms with Gasteiger partial charge in [0.1, 0.15) is 21.5 Å². The van der Waals surface area contributed by atoms with Crippen LogP contribution in [0, 0.1) is 20.8 Å². The predicted octanol–water partition coefficient (Wildman–Crippen LogP) is 3.49. The van der Waals surface area contributed by atoms with Crippen molar-refractivity contribution in [2.75, 3.05) is 12.0 Å². The average molecular weight is 619 g/mol. The summed E-state index contributed by atoms with van der Waals surface area (Å²) >= 11 is 1.60. The maximum absolute atomic E-state index is 13.3. The maximum Gasteiger partial charge on any atom is 0.294 e. The third kappa shape index (κ3) is 4.57. The van der Waals surface area contributed by atoms with E-state index in [4.69, 9.17) is 10.7 Å². The van der Waals surface area contributed by atoms with Gasteiger partial charge in [0.25, 0.3) is 5.91 Å². The molecule has 0 radical (unpaired) electrons. The lowest BCUT2D eigenvalue weighted by Gasteiger charge is -2.38. The fourth-order valence-corrected chi connectivity index (χ4v) is 8.38. The number of carbonyl (C=O) groups is 1. The lowest BCUT2D eigenvalue weighted by atomic mass is 9.87. The van der Waals surface area contributed by atoms with E-state index in [-0.39, 0.29) is 40.4 Å². The number of anilines is 1. The van der Waals surface area contributed by atoms with Crippen molar-refractivity contribution >= 4 is 38.5 Å². The van der Waals surface area contributed by atoms with Crippen molar-refractivity contribution in [1.82, 2.24) is 44.6 Å². The van der Waals surface area contributed by atoms with Gasteiger partial charge in [0, 0.05) is 46.5 Å². The van der Waals surface area contributed by atoms with E-state index in [1.54, 1.807) is 30.7 Å². The molecule has 2 aliphatic rings. The van der Waals surface area contributed by atoms with Crippen LogP contribution in [0.25, 0.3) is 27.5 Å². The molecule has 222 valence electrons. The molecule has 2 fully saturated rings. The Labute approximate surface area is 251 Å². The predicted molar refractivity (Wildman–Crippen MR) is 160 cm³/mol. The smallest absolute Gasteiger partial charge is 0.294 e. The second-order valence-corrected chi connectivity index (χ2v) is 14.5. The fourth-order valence-electron chi connectivity index (χ4n) is 6.43. The summed E-state index contributed by atoms with van der Waals surface area (Å²) < 4.78 is 27.6. The number of nitrogens with zero attached hydrogens (tertiary/aromatic N) is 8. The number of aromatic nitrogens is 8. The average Bonchev–Trinajstić information content (AvgIpc) is 3.73. The van der Waals surface area contributed by atoms with E-state index in [2.05, 4.69) is 30.2 Å². The third-order valence-electron chi connectivity index (χ3n) is 8.50. The Morgan fingerprint density at radius 3 is 2.40 bits per heavy atom. The van der Waals surface area contributed by atoms with Crippen LogP contribution in [0.4, 0.5) is 5.82 Å². The summed E-state index contributed by atoms with van der Waals surface area (Å²) in [7, 11) is -3.75. The van der Waals surface area contributed by atoms with Gasteiger partial charge in [0.05, 0.1) is 23.3 Å². The van der Waals surface area contributed by atoms with Crippen LogP contribution in [-0.4, -0.2) is 77.3 Å². The first kappa shape index (κ1) is 27.6. The first-order valence-electron chi connectivity index (χ1n) is 14.0. The number of hydrogen-bond donors (Lipinski definition) is 2. The number of rotatable bonds is 5. The summed E-state index contributed by atoms with van der Waals surface area (Å²) in [4.78, 5) is 34.7. The Balaban J connectivity index is 1.27. The van der Waals surface area contributed by atoms with Crippen LogP contribution in [-0.2, 0) is 9.84 Å². The van der Waals surface area contributed by atoms with Crippen molar-refractivity contribution < 1.29 is 13.2 Å². The van der Waals surface area contributed by atoms with Crippen LogP contribution in [0.5, 0.6) is 0 Å². The van der Waals surface area contributed by atoms with Gasteiger partial charge in [-0.25, -0.2) is 23.4 Å². The van der Waals surface area contributed by atoms with Crippen molar-refractivity contribution in [2.24, 2.45) is 0 Å². The Kier molecular flexibility index (Phi) is 6.36. The highest BCUT2D eigenvalue weighted by atomic mass is 32.2. The summed E-state index contributed by atoms with van der Waals surface area (Å²) in [6, 6.07) is 3.68. The summed E-state index contributed by atoms with van der Waals surface area (Å²) in [5.74, 6) is 0.322. The minimum absolute atomic E-state index is 0.00796. The van der Waals surface area contributed by atoms with E-state index < -0.39 is 9.84 Å². The first-order chi connectivity index (χ1) is 20.5. The van der Waals surface area contributed by atoms with Crippen LogP contribution < -0.4 is 5.73 Å². The Bertz CT molecular complexity index is 1980. The van der Waals surface area contributed by atoms with Crippen LogP contribution in [0.1, 0.15) is 64.3 Å². The molecule has 2 bridgehead atoms. The number of hydrogen-bond acceptors (Lipinski definition) is 11. The number of carbonyl (C=O) groups excluding carboxylic acids is 1. The van der Waals surface area contributed by atoms with Gasteiger partial charge in [-0.1, -0.05) is 6.07 Å². The molecule has 2 unspecified atom stereocenters. The molecule has 0 aliphatic carbocycles. The minimum Gasteiger partial charge on any atom is -0.382 e. The van der Waals surface area contributed by atoms with Crippen molar-refractivity contribution in [3.05, 3.63) is 52.4 Å². The van der Waals surface area contributed by atoms with E-state index in [0.717, 1.165) is 45.9 Å². The number of amides is 1. The molecule has 7 rings (SSSR count). The molecule has 15 heteroatoms. The molecule has 2 aliphatic heterocycles. The number of piperidine rings is 1. The first-order valence-corrected chi connectivity index (χ1v) is 16.7. The Hall–Kier alpha value is -4.24. The second-order valence-electron chi connectivity index (χ2n) is 11.4. The summed E-state index contributed by atoms with van der Waals surface area (Å²) in [6.45, 7) is 5.76. The molecule has 7 heterocycles. The lowest BCUT2D eigenvalue weighted by molar-refractivity contribution is 0.0556. The maximum atomic E-state index is 13.3. The highest BCUT2D eigenvalue weighted by molar-refractivity contribution is 7.91. The molecule has 5 aromatic rings. The fraction of sp³-hybridized carbons (Fsp3) is 0.393. The molecule has 5 aromatic heterocycles. The van der Waals surface area contributed by atoms with Crippen molar-refractivity contribution in [3.63, 3.8) is 0 Å². The van der Waals surface area contributed by atoms with Crippen LogP contribution in [0.3, 0.4) is 0 Å². The molecule has 0 saturated carbocycles. The van der Waals surface area contributed by atoms with E-state index in [0.29, 0.717) is 35.6 Å². The van der Waals surface area contributed by atoms with Crippen molar-refractivity contribution in [1.29, 1.82) is 0 Å². The SMILES string of the molecule is Cc1nc(C(=O)N2C3CCC2CC(c2nc4c(-c5ccc(-c6nc(C)c(C)s6)nc5)cnn4c(N)c2S(C)(=O)=O)C3)n[nH]1. The standard InChI is InChI=1S/C28H30N10O3S2/c1-13-14(2)42-27(32-13)21-8-5-16(11-30-21)20-12-31-38-24(29)23(43(4,40)41)22(34-26(20)38)17-9-18-6-7-19(10-17)37(18)28(39)25-33-15(3)35-36-25/h5,8,11-12,17-19H,6-7,9-10,29H2,1-4H3,(H,33,35,36). The van der Waals surface area contributed by atoms with Crippen molar-refractivity contribution in [2.45, 2.75) is 69.4 Å². The van der Waals surface area contributed by atoms with Gasteiger partial charge in [0.2, 0.25) is 5.82 Å². The quantitative estimate of drug-likeness (QED) is 0.296. The van der Waals surface area contributed by atoms with Gasteiger partial charge in [-0.15, -0.1) is 16.4 Å². The normalized spacial score (nSPS) is 20.3. The highest BCUT2D eigenvalue weighted by Crippen LogP contribution is 2.45. The zero-order valence-electron chi connectivity index (χ0n) is 24.1. The summed E-state index contributed by atoms with van der Waals surface area (Å²) in [5.41, 5.74) is 10.6. The number of aryl methyl sites for hydroxylation is 3. The molecular weight excluding hydrogens is 589 g/mol. The topological polar surface area (TPSA) is 178 Å². The number of aromatic amines is 1. The third-order valence-corrected chi connectivity index (χ3v) is 10.8. The molecule has 0 aromatic carbocycles. The van der Waals surface area contributed by atoms with Gasteiger partial charge in [-0.05, 0) is 52.5 Å². The molecule has 1 amide bonds. The highest BCUT2D eigenvalue weighted by Gasteiger charge is 2.46. The number of nitrogens with one attached hydrogen (secondary N) is 1. The molecule has 0 spiro atoms. The monoisotopic (exact) mass is 618 g/mol. The Morgan fingerprint density at radius 2 is 1.81 bits per heavy atom. The summed E-state index contributed by atoms with van der Waals surface area (Å²) in [5, 5.41) is 12.1. The van der Waals surface area contributed by atoms with Crippen molar-refractivity contribution in [3.8, 4) is 21.8 Å². The lowest BCUT2D eigenvalue weighted by Crippen LogP contribution is -2.46. The zero-order chi connectivity index (χ0) is 30.2. The number of nitrogen functional groups attached to an aromatic ring is 1. The van der Waals surface area contributed by atoms with Gasteiger partial charge in [-0.2, -0.15) is 9.61 Å². The molecule has 13 nitrogen and oxygen atoms in total. The van der Waals surface area contributed by atoms with E-state index in [1.165, 1.54) is 4.52 Å². The molecular formula is C28H30N10O3S2. The second kappa shape index (κ2) is 9.91. The zero-order valence-corrected chi connectivity index (χ0v) is 25.7. The van der Waals surface area contributed by atoms with Crippen LogP contribution in [0.15, 0.2) is 29.4 Å². The number of H-pyrrole nitrogens is 1. The summed E-state index contributed by atoms with van der Waals surface area (Å²) in [6.07, 6.45) is 7.27. The van der Waals surface area contributed by atoms with Gasteiger partial charge < -0.3 is 10.6 Å². The number of pyridine rings is 1. The number of thiazole rings is 1. The number of nitrogens with two attached hydrogens (primary N) is 1. The number of sulfone groups is 1. The minimum atomic E-state index is -3.75. The molecule has 2 saturated heterocycles. The van der Waals surface area contributed by atoms with Gasteiger partial charge >= 0.3 is 0 Å². The Morgan fingerprint density at radius 1 is 1.07 bits per heavy atom. The molecule has 43 heavy (non-hydrogen) atoms. The largest absolute Gasteiger partial charge is 0.382 e. The molecule has 2 atom stereocenters. The van der Waals surface area contributed by atoms with E-state index >= 15 is 0 Å². The van der Waals surface area contributed by atoms with Gasteiger partial charge in [0.15, 0.2) is 15.5 Å². The number of fused-ring (bicyclic) bond motifs is 3. The van der Waals surface area contributed by atoms with E-state index in [1.807, 2.05) is 30.9 Å².